The molecule has 1 N–H and O–H groups in total. The summed E-state index contributed by atoms with van der Waals surface area (Å²) < 4.78 is 0. The minimum atomic E-state index is -0.188. The molecular formula is C16H27NO2. The Balaban J connectivity index is 1.83. The highest BCUT2D eigenvalue weighted by molar-refractivity contribution is 5.76. The van der Waals surface area contributed by atoms with E-state index in [0.717, 1.165) is 45.1 Å². The largest absolute Gasteiger partial charge is 0.393 e. The first kappa shape index (κ1) is 13.4. The van der Waals surface area contributed by atoms with Crippen molar-refractivity contribution in [1.29, 1.82) is 0 Å². The van der Waals surface area contributed by atoms with E-state index in [1.165, 1.54) is 32.1 Å². The lowest BCUT2D eigenvalue weighted by Crippen LogP contribution is -2.53. The lowest BCUT2D eigenvalue weighted by Gasteiger charge is -2.48. The molecule has 0 radical (unpaired) electrons. The molecule has 3 aliphatic rings. The Morgan fingerprint density at radius 1 is 1.05 bits per heavy atom. The second kappa shape index (κ2) is 5.43. The molecule has 1 saturated heterocycles. The van der Waals surface area contributed by atoms with E-state index in [0.29, 0.717) is 17.4 Å². The molecule has 19 heavy (non-hydrogen) atoms. The highest BCUT2D eigenvalue weighted by Crippen LogP contribution is 2.51. The van der Waals surface area contributed by atoms with Gasteiger partial charge in [-0.2, -0.15) is 0 Å². The van der Waals surface area contributed by atoms with Crippen molar-refractivity contribution < 1.29 is 9.90 Å². The van der Waals surface area contributed by atoms with Gasteiger partial charge < -0.3 is 10.0 Å². The van der Waals surface area contributed by atoms with E-state index in [1.54, 1.807) is 0 Å². The molecule has 3 heteroatoms. The number of hydrogen-bond acceptors (Lipinski definition) is 2. The highest BCUT2D eigenvalue weighted by Gasteiger charge is 2.48. The van der Waals surface area contributed by atoms with Gasteiger partial charge in [0.1, 0.15) is 0 Å². The van der Waals surface area contributed by atoms with Gasteiger partial charge in [-0.05, 0) is 50.4 Å². The smallest absolute Gasteiger partial charge is 0.222 e. The fourth-order valence-corrected chi connectivity index (χ4v) is 4.70. The number of likely N-dealkylation sites (tertiary alicyclic amines) is 1. The van der Waals surface area contributed by atoms with Crippen LogP contribution < -0.4 is 0 Å². The normalized spacial score (nSPS) is 35.6. The standard InChI is InChI=1S/C16H27NO2/c18-13-7-10-16(8-3-4-9-16)14(12-13)17-11-5-1-2-6-15(17)19/h13-14,18H,1-12H2. The molecule has 3 fully saturated rings. The average Bonchev–Trinajstić information content (AvgIpc) is 2.77. The molecule has 108 valence electrons. The molecule has 0 aromatic heterocycles. The SMILES string of the molecule is O=C1CCCCCN1C1CC(O)CCC12CCCC2. The van der Waals surface area contributed by atoms with Crippen molar-refractivity contribution in [2.24, 2.45) is 5.41 Å². The van der Waals surface area contributed by atoms with Crippen LogP contribution in [0.5, 0.6) is 0 Å². The Bertz CT molecular complexity index is 336. The van der Waals surface area contributed by atoms with Crippen molar-refractivity contribution in [2.45, 2.75) is 82.8 Å². The van der Waals surface area contributed by atoms with Crippen LogP contribution in [0.15, 0.2) is 0 Å². The van der Waals surface area contributed by atoms with E-state index in [1.807, 2.05) is 0 Å². The van der Waals surface area contributed by atoms with E-state index < -0.39 is 0 Å². The zero-order chi connectivity index (χ0) is 13.3. The van der Waals surface area contributed by atoms with Gasteiger partial charge in [0.25, 0.3) is 0 Å². The van der Waals surface area contributed by atoms with Crippen LogP contribution in [-0.4, -0.2) is 34.6 Å². The Hall–Kier alpha value is -0.570. The molecule has 3 nitrogen and oxygen atoms in total. The molecule has 1 aliphatic heterocycles. The Kier molecular flexibility index (Phi) is 3.84. The number of carbonyl (C=O) groups is 1. The minimum Gasteiger partial charge on any atom is -0.393 e. The number of aliphatic hydroxyl groups excluding tert-OH is 1. The fourth-order valence-electron chi connectivity index (χ4n) is 4.70. The van der Waals surface area contributed by atoms with Gasteiger partial charge in [-0.25, -0.2) is 0 Å². The predicted molar refractivity (Wildman–Crippen MR) is 74.7 cm³/mol. The van der Waals surface area contributed by atoms with Crippen LogP contribution in [0.2, 0.25) is 0 Å². The monoisotopic (exact) mass is 265 g/mol. The van der Waals surface area contributed by atoms with Crippen LogP contribution in [0.3, 0.4) is 0 Å². The van der Waals surface area contributed by atoms with Crippen molar-refractivity contribution in [2.75, 3.05) is 6.54 Å². The second-order valence-electron chi connectivity index (χ2n) is 6.91. The zero-order valence-corrected chi connectivity index (χ0v) is 11.9. The first-order chi connectivity index (χ1) is 9.21. The van der Waals surface area contributed by atoms with Gasteiger partial charge in [0.15, 0.2) is 0 Å². The third kappa shape index (κ3) is 2.54. The summed E-state index contributed by atoms with van der Waals surface area (Å²) >= 11 is 0. The van der Waals surface area contributed by atoms with Crippen molar-refractivity contribution >= 4 is 5.91 Å². The van der Waals surface area contributed by atoms with E-state index in [4.69, 9.17) is 0 Å². The Labute approximate surface area is 116 Å². The first-order valence-electron chi connectivity index (χ1n) is 8.19. The highest BCUT2D eigenvalue weighted by atomic mass is 16.3. The summed E-state index contributed by atoms with van der Waals surface area (Å²) in [5.41, 5.74) is 0.346. The number of hydrogen-bond donors (Lipinski definition) is 1. The summed E-state index contributed by atoms with van der Waals surface area (Å²) in [6.07, 6.45) is 12.0. The van der Waals surface area contributed by atoms with E-state index in [9.17, 15) is 9.90 Å². The van der Waals surface area contributed by atoms with Crippen molar-refractivity contribution in [1.82, 2.24) is 4.90 Å². The van der Waals surface area contributed by atoms with Crippen molar-refractivity contribution in [3.8, 4) is 0 Å². The molecule has 1 heterocycles. The Morgan fingerprint density at radius 3 is 2.63 bits per heavy atom. The van der Waals surface area contributed by atoms with Gasteiger partial charge in [-0.1, -0.05) is 19.3 Å². The average molecular weight is 265 g/mol. The zero-order valence-electron chi connectivity index (χ0n) is 11.9. The maximum atomic E-state index is 12.4. The molecule has 1 amide bonds. The van der Waals surface area contributed by atoms with Crippen LogP contribution in [0.25, 0.3) is 0 Å². The molecule has 2 saturated carbocycles. The number of rotatable bonds is 1. The van der Waals surface area contributed by atoms with Gasteiger partial charge >= 0.3 is 0 Å². The van der Waals surface area contributed by atoms with Crippen LogP contribution in [0, 0.1) is 5.41 Å². The van der Waals surface area contributed by atoms with Crippen LogP contribution in [0.4, 0.5) is 0 Å². The van der Waals surface area contributed by atoms with E-state index >= 15 is 0 Å². The van der Waals surface area contributed by atoms with E-state index in [-0.39, 0.29) is 6.10 Å². The van der Waals surface area contributed by atoms with Gasteiger partial charge in [0.2, 0.25) is 5.91 Å². The molecule has 0 aromatic carbocycles. The predicted octanol–water partition coefficient (Wildman–Crippen LogP) is 2.86. The number of carbonyl (C=O) groups excluding carboxylic acids is 1. The van der Waals surface area contributed by atoms with Gasteiger partial charge in [0.05, 0.1) is 6.10 Å². The van der Waals surface area contributed by atoms with Crippen LogP contribution >= 0.6 is 0 Å². The number of nitrogens with zero attached hydrogens (tertiary/aromatic N) is 1. The molecule has 2 atom stereocenters. The fraction of sp³-hybridized carbons (Fsp3) is 0.938. The van der Waals surface area contributed by atoms with Crippen LogP contribution in [-0.2, 0) is 4.79 Å². The van der Waals surface area contributed by atoms with Gasteiger partial charge in [0, 0.05) is 19.0 Å². The molecular weight excluding hydrogens is 238 g/mol. The molecule has 1 spiro atoms. The lowest BCUT2D eigenvalue weighted by atomic mass is 9.67. The molecule has 2 aliphatic carbocycles. The van der Waals surface area contributed by atoms with E-state index in [2.05, 4.69) is 4.90 Å². The first-order valence-corrected chi connectivity index (χ1v) is 8.19. The summed E-state index contributed by atoms with van der Waals surface area (Å²) in [5.74, 6) is 0.350. The summed E-state index contributed by atoms with van der Waals surface area (Å²) in [5, 5.41) is 10.1. The summed E-state index contributed by atoms with van der Waals surface area (Å²) in [6.45, 7) is 0.929. The van der Waals surface area contributed by atoms with Crippen molar-refractivity contribution in [3.05, 3.63) is 0 Å². The molecule has 0 aromatic rings. The van der Waals surface area contributed by atoms with Gasteiger partial charge in [-0.3, -0.25) is 4.79 Å². The third-order valence-electron chi connectivity index (χ3n) is 5.76. The quantitative estimate of drug-likeness (QED) is 0.792. The number of aliphatic hydroxyl groups is 1. The number of amides is 1. The summed E-state index contributed by atoms with van der Waals surface area (Å²) in [7, 11) is 0. The maximum Gasteiger partial charge on any atom is 0.222 e. The minimum absolute atomic E-state index is 0.188. The second-order valence-corrected chi connectivity index (χ2v) is 6.91. The Morgan fingerprint density at radius 2 is 1.84 bits per heavy atom. The maximum absolute atomic E-state index is 12.4. The molecule has 3 rings (SSSR count). The van der Waals surface area contributed by atoms with Gasteiger partial charge in [-0.15, -0.1) is 0 Å². The topological polar surface area (TPSA) is 40.5 Å². The third-order valence-corrected chi connectivity index (χ3v) is 5.76. The van der Waals surface area contributed by atoms with Crippen LogP contribution in [0.1, 0.15) is 70.6 Å². The summed E-state index contributed by atoms with van der Waals surface area (Å²) in [6, 6.07) is 0.323. The van der Waals surface area contributed by atoms with Crippen molar-refractivity contribution in [3.63, 3.8) is 0 Å². The lowest BCUT2D eigenvalue weighted by molar-refractivity contribution is -0.139. The molecule has 2 unspecified atom stereocenters. The summed E-state index contributed by atoms with van der Waals surface area (Å²) in [4.78, 5) is 14.6. The molecule has 0 bridgehead atoms.